The fourth-order valence-electron chi connectivity index (χ4n) is 3.64. The minimum absolute atomic E-state index is 0.200. The molecule has 4 rings (SSSR count). The van der Waals surface area contributed by atoms with Crippen molar-refractivity contribution >= 4 is 44.3 Å². The van der Waals surface area contributed by atoms with E-state index in [1.807, 2.05) is 24.3 Å². The van der Waals surface area contributed by atoms with E-state index in [1.165, 1.54) is 16.4 Å². The number of amides is 1. The molecule has 0 bridgehead atoms. The summed E-state index contributed by atoms with van der Waals surface area (Å²) in [5.41, 5.74) is 4.97. The number of sulfonamides is 1. The topological polar surface area (TPSA) is 110 Å². The van der Waals surface area contributed by atoms with Crippen molar-refractivity contribution in [3.8, 4) is 0 Å². The van der Waals surface area contributed by atoms with Gasteiger partial charge >= 0.3 is 0 Å². The number of carbonyl (C=O) groups excluding carboxylic acids is 1. The largest absolute Gasteiger partial charge is 0.273 e. The van der Waals surface area contributed by atoms with Crippen molar-refractivity contribution in [1.29, 1.82) is 0 Å². The number of rotatable bonds is 6. The third-order valence-electron chi connectivity index (χ3n) is 5.43. The summed E-state index contributed by atoms with van der Waals surface area (Å²) in [5.74, 6) is -0.508. The molecular formula is C21H23ClN6O3S. The Morgan fingerprint density at radius 3 is 2.56 bits per heavy atom. The lowest BCUT2D eigenvalue weighted by Gasteiger charge is -2.30. The van der Waals surface area contributed by atoms with Crippen LogP contribution in [0.2, 0.25) is 5.02 Å². The summed E-state index contributed by atoms with van der Waals surface area (Å²) >= 11 is 5.85. The zero-order valence-corrected chi connectivity index (χ0v) is 19.1. The lowest BCUT2D eigenvalue weighted by Crippen LogP contribution is -2.42. The van der Waals surface area contributed by atoms with Crippen molar-refractivity contribution in [2.45, 2.75) is 31.2 Å². The molecule has 2 aromatic carbocycles. The smallest absolute Gasteiger partial charge is 0.243 e. The van der Waals surface area contributed by atoms with E-state index >= 15 is 0 Å². The van der Waals surface area contributed by atoms with Gasteiger partial charge in [-0.25, -0.2) is 18.5 Å². The normalized spacial score (nSPS) is 16.4. The molecule has 1 amide bonds. The second kappa shape index (κ2) is 9.35. The van der Waals surface area contributed by atoms with E-state index in [9.17, 15) is 13.2 Å². The molecule has 1 N–H and O–H groups in total. The SMILES string of the molecule is C/C(Cn1nnc2ccccc21)=N\NC(=O)C1CCN(S(=O)(=O)c2ccc(Cl)cc2)CC1. The molecular weight excluding hydrogens is 452 g/mol. The molecule has 0 spiro atoms. The monoisotopic (exact) mass is 474 g/mol. The van der Waals surface area contributed by atoms with E-state index < -0.39 is 10.0 Å². The Bertz CT molecular complexity index is 1250. The molecule has 0 saturated carbocycles. The summed E-state index contributed by atoms with van der Waals surface area (Å²) in [6.45, 7) is 2.75. The predicted octanol–water partition coefficient (Wildman–Crippen LogP) is 2.68. The van der Waals surface area contributed by atoms with Gasteiger partial charge in [0.25, 0.3) is 0 Å². The number of para-hydroxylation sites is 1. The van der Waals surface area contributed by atoms with Gasteiger partial charge in [-0.3, -0.25) is 4.79 Å². The second-order valence-electron chi connectivity index (χ2n) is 7.69. The zero-order valence-electron chi connectivity index (χ0n) is 17.5. The highest BCUT2D eigenvalue weighted by Crippen LogP contribution is 2.25. The van der Waals surface area contributed by atoms with Crippen molar-refractivity contribution in [2.75, 3.05) is 13.1 Å². The molecule has 3 aromatic rings. The van der Waals surface area contributed by atoms with Crippen LogP contribution in [0.5, 0.6) is 0 Å². The minimum atomic E-state index is -3.60. The van der Waals surface area contributed by atoms with Crippen LogP contribution >= 0.6 is 11.6 Å². The molecule has 1 aromatic heterocycles. The van der Waals surface area contributed by atoms with Crippen molar-refractivity contribution in [1.82, 2.24) is 24.7 Å². The van der Waals surface area contributed by atoms with Crippen molar-refractivity contribution in [3.63, 3.8) is 0 Å². The van der Waals surface area contributed by atoms with E-state index in [0.717, 1.165) is 11.0 Å². The van der Waals surface area contributed by atoms with Crippen LogP contribution in [0.15, 0.2) is 58.5 Å². The van der Waals surface area contributed by atoms with Gasteiger partial charge in [0.1, 0.15) is 5.52 Å². The van der Waals surface area contributed by atoms with Gasteiger partial charge in [0.15, 0.2) is 0 Å². The number of hydrogen-bond acceptors (Lipinski definition) is 6. The standard InChI is InChI=1S/C21H23ClN6O3S/c1-15(14-28-20-5-3-2-4-19(20)24-26-28)23-25-21(29)16-10-12-27(13-11-16)32(30,31)18-8-6-17(22)7-9-18/h2-9,16H,10-14H2,1H3,(H,25,29)/b23-15+. The van der Waals surface area contributed by atoms with Crippen LogP contribution < -0.4 is 5.43 Å². The first kappa shape index (κ1) is 22.4. The van der Waals surface area contributed by atoms with Gasteiger partial charge in [0.05, 0.1) is 22.7 Å². The first-order valence-corrected chi connectivity index (χ1v) is 12.0. The third kappa shape index (κ3) is 4.82. The Labute approximate surface area is 191 Å². The highest BCUT2D eigenvalue weighted by molar-refractivity contribution is 7.89. The van der Waals surface area contributed by atoms with Crippen LogP contribution in [-0.2, 0) is 21.4 Å². The fraction of sp³-hybridized carbons (Fsp3) is 0.333. The Morgan fingerprint density at radius 2 is 1.84 bits per heavy atom. The lowest BCUT2D eigenvalue weighted by atomic mass is 9.98. The van der Waals surface area contributed by atoms with Crippen LogP contribution in [0, 0.1) is 5.92 Å². The summed E-state index contributed by atoms with van der Waals surface area (Å²) < 4.78 is 28.7. The van der Waals surface area contributed by atoms with Crippen LogP contribution in [-0.4, -0.2) is 52.4 Å². The highest BCUT2D eigenvalue weighted by atomic mass is 35.5. The molecule has 1 fully saturated rings. The van der Waals surface area contributed by atoms with Gasteiger partial charge in [-0.1, -0.05) is 28.9 Å². The molecule has 0 unspecified atom stereocenters. The van der Waals surface area contributed by atoms with E-state index in [4.69, 9.17) is 11.6 Å². The molecule has 1 aliphatic heterocycles. The first-order chi connectivity index (χ1) is 15.3. The van der Waals surface area contributed by atoms with Crippen molar-refractivity contribution in [3.05, 3.63) is 53.6 Å². The fourth-order valence-corrected chi connectivity index (χ4v) is 5.24. The molecule has 1 aliphatic rings. The molecule has 2 heterocycles. The Balaban J connectivity index is 1.32. The third-order valence-corrected chi connectivity index (χ3v) is 7.60. The second-order valence-corrected chi connectivity index (χ2v) is 10.1. The average molecular weight is 475 g/mol. The number of nitrogens with one attached hydrogen (secondary N) is 1. The predicted molar refractivity (Wildman–Crippen MR) is 122 cm³/mol. The van der Waals surface area contributed by atoms with Crippen LogP contribution in [0.1, 0.15) is 19.8 Å². The number of nitrogens with zero attached hydrogens (tertiary/aromatic N) is 5. The maximum absolute atomic E-state index is 12.8. The maximum Gasteiger partial charge on any atom is 0.243 e. The van der Waals surface area contributed by atoms with Crippen molar-refractivity contribution in [2.24, 2.45) is 11.0 Å². The number of aromatic nitrogens is 3. The van der Waals surface area contributed by atoms with Gasteiger partial charge < -0.3 is 0 Å². The Morgan fingerprint density at radius 1 is 1.16 bits per heavy atom. The lowest BCUT2D eigenvalue weighted by molar-refractivity contribution is -0.126. The van der Waals surface area contributed by atoms with Gasteiger partial charge in [-0.2, -0.15) is 9.41 Å². The highest BCUT2D eigenvalue weighted by Gasteiger charge is 2.32. The summed E-state index contributed by atoms with van der Waals surface area (Å²) in [4.78, 5) is 12.7. The Hall–Kier alpha value is -2.82. The maximum atomic E-state index is 12.8. The summed E-state index contributed by atoms with van der Waals surface area (Å²) in [6.07, 6.45) is 0.863. The van der Waals surface area contributed by atoms with Gasteiger partial charge in [-0.05, 0) is 56.2 Å². The van der Waals surface area contributed by atoms with E-state index in [2.05, 4.69) is 20.8 Å². The molecule has 9 nitrogen and oxygen atoms in total. The van der Waals surface area contributed by atoms with Gasteiger partial charge in [0, 0.05) is 24.0 Å². The summed E-state index contributed by atoms with van der Waals surface area (Å²) in [7, 11) is -3.60. The number of piperidine rings is 1. The molecule has 0 atom stereocenters. The molecule has 0 aliphatic carbocycles. The average Bonchev–Trinajstić information content (AvgIpc) is 3.20. The molecule has 0 radical (unpaired) electrons. The molecule has 1 saturated heterocycles. The van der Waals surface area contributed by atoms with E-state index in [0.29, 0.717) is 30.1 Å². The number of carbonyl (C=O) groups is 1. The van der Waals surface area contributed by atoms with Gasteiger partial charge in [-0.15, -0.1) is 5.10 Å². The van der Waals surface area contributed by atoms with E-state index in [-0.39, 0.29) is 29.8 Å². The van der Waals surface area contributed by atoms with Gasteiger partial charge in [0.2, 0.25) is 15.9 Å². The molecule has 11 heteroatoms. The molecule has 168 valence electrons. The van der Waals surface area contributed by atoms with E-state index in [1.54, 1.807) is 23.7 Å². The van der Waals surface area contributed by atoms with Crippen molar-refractivity contribution < 1.29 is 13.2 Å². The molecule has 32 heavy (non-hydrogen) atoms. The minimum Gasteiger partial charge on any atom is -0.273 e. The zero-order chi connectivity index (χ0) is 22.7. The number of hydrazone groups is 1. The number of halogens is 1. The first-order valence-electron chi connectivity index (χ1n) is 10.2. The quantitative estimate of drug-likeness (QED) is 0.436. The van der Waals surface area contributed by atoms with Crippen LogP contribution in [0.4, 0.5) is 0 Å². The summed E-state index contributed by atoms with van der Waals surface area (Å²) in [6, 6.07) is 13.7. The summed E-state index contributed by atoms with van der Waals surface area (Å²) in [5, 5.41) is 12.9. The van der Waals surface area contributed by atoms with Crippen LogP contribution in [0.25, 0.3) is 11.0 Å². The number of benzene rings is 2. The number of fused-ring (bicyclic) bond motifs is 1. The van der Waals surface area contributed by atoms with Crippen LogP contribution in [0.3, 0.4) is 0 Å². The Kier molecular flexibility index (Phi) is 6.54. The number of hydrogen-bond donors (Lipinski definition) is 1.